The Bertz CT molecular complexity index is 281. The van der Waals surface area contributed by atoms with Crippen LogP contribution in [0.2, 0.25) is 0 Å². The average molecular weight is 260 g/mol. The second kappa shape index (κ2) is 4.99. The van der Waals surface area contributed by atoms with Crippen molar-refractivity contribution in [2.45, 2.75) is 33.7 Å². The minimum Gasteiger partial charge on any atom is -0.467 e. The van der Waals surface area contributed by atoms with E-state index in [1.807, 2.05) is 6.07 Å². The van der Waals surface area contributed by atoms with E-state index in [4.69, 9.17) is 4.42 Å². The van der Waals surface area contributed by atoms with Crippen LogP contribution in [0.3, 0.4) is 0 Å². The van der Waals surface area contributed by atoms with Crippen LogP contribution in [0.4, 0.5) is 0 Å². The van der Waals surface area contributed by atoms with Gasteiger partial charge in [-0.3, -0.25) is 0 Å². The van der Waals surface area contributed by atoms with E-state index in [-0.39, 0.29) is 0 Å². The highest BCUT2D eigenvalue weighted by atomic mass is 79.9. The van der Waals surface area contributed by atoms with Gasteiger partial charge in [-0.2, -0.15) is 0 Å². The van der Waals surface area contributed by atoms with Gasteiger partial charge in [-0.15, -0.1) is 0 Å². The Labute approximate surface area is 94.2 Å². The third-order valence-corrected chi connectivity index (χ3v) is 3.24. The third kappa shape index (κ3) is 3.46. The van der Waals surface area contributed by atoms with Crippen molar-refractivity contribution in [2.24, 2.45) is 5.41 Å². The van der Waals surface area contributed by atoms with Gasteiger partial charge in [0.15, 0.2) is 0 Å². The molecule has 80 valence electrons. The molecule has 0 saturated heterocycles. The van der Waals surface area contributed by atoms with E-state index >= 15 is 0 Å². The summed E-state index contributed by atoms with van der Waals surface area (Å²) in [4.78, 5) is 0. The lowest BCUT2D eigenvalue weighted by Gasteiger charge is -2.22. The Morgan fingerprint density at radius 1 is 1.50 bits per heavy atom. The number of rotatable bonds is 5. The zero-order valence-corrected chi connectivity index (χ0v) is 10.6. The maximum Gasteiger partial charge on any atom is 0.131 e. The molecule has 0 aliphatic heterocycles. The fourth-order valence-electron chi connectivity index (χ4n) is 1.09. The van der Waals surface area contributed by atoms with Gasteiger partial charge in [-0.25, -0.2) is 0 Å². The number of nitrogens with one attached hydrogen (secondary N) is 1. The van der Waals surface area contributed by atoms with Crippen molar-refractivity contribution < 1.29 is 4.42 Å². The number of hydrogen-bond acceptors (Lipinski definition) is 2. The summed E-state index contributed by atoms with van der Waals surface area (Å²) in [6, 6.07) is 1.92. The first-order chi connectivity index (χ1) is 6.55. The fourth-order valence-corrected chi connectivity index (χ4v) is 1.43. The molecular weight excluding hydrogens is 242 g/mol. The van der Waals surface area contributed by atoms with Crippen LogP contribution in [-0.2, 0) is 6.54 Å². The van der Waals surface area contributed by atoms with E-state index in [1.165, 1.54) is 6.42 Å². The number of furan rings is 1. The van der Waals surface area contributed by atoms with E-state index in [2.05, 4.69) is 42.0 Å². The summed E-state index contributed by atoms with van der Waals surface area (Å²) >= 11 is 3.43. The summed E-state index contributed by atoms with van der Waals surface area (Å²) in [5.74, 6) is 0.969. The summed E-state index contributed by atoms with van der Waals surface area (Å²) in [5.41, 5.74) is 0.360. The van der Waals surface area contributed by atoms with Gasteiger partial charge >= 0.3 is 0 Å². The zero-order valence-electron chi connectivity index (χ0n) is 9.06. The molecule has 0 aliphatic carbocycles. The second-order valence-corrected chi connectivity index (χ2v) is 5.17. The van der Waals surface area contributed by atoms with Crippen LogP contribution < -0.4 is 5.32 Å². The van der Waals surface area contributed by atoms with Crippen LogP contribution in [0.1, 0.15) is 33.0 Å². The molecule has 0 bridgehead atoms. The van der Waals surface area contributed by atoms with Crippen LogP contribution in [0.15, 0.2) is 21.2 Å². The van der Waals surface area contributed by atoms with Crippen molar-refractivity contribution in [1.82, 2.24) is 5.32 Å². The highest BCUT2D eigenvalue weighted by Crippen LogP contribution is 2.20. The minimum atomic E-state index is 0.360. The molecule has 3 heteroatoms. The highest BCUT2D eigenvalue weighted by Gasteiger charge is 2.14. The maximum atomic E-state index is 5.30. The van der Waals surface area contributed by atoms with E-state index < -0.39 is 0 Å². The van der Waals surface area contributed by atoms with Crippen molar-refractivity contribution in [2.75, 3.05) is 6.54 Å². The first-order valence-electron chi connectivity index (χ1n) is 4.98. The molecule has 0 atom stereocenters. The van der Waals surface area contributed by atoms with Gasteiger partial charge in [0.25, 0.3) is 0 Å². The standard InChI is InChI=1S/C11H18BrNO/c1-4-11(2,3)8-13-7-10-9(12)5-6-14-10/h5-6,13H,4,7-8H2,1-3H3. The molecule has 0 saturated carbocycles. The first-order valence-corrected chi connectivity index (χ1v) is 5.77. The SMILES string of the molecule is CCC(C)(C)CNCc1occc1Br. The van der Waals surface area contributed by atoms with Crippen LogP contribution in [0.5, 0.6) is 0 Å². The lowest BCUT2D eigenvalue weighted by Crippen LogP contribution is -2.28. The van der Waals surface area contributed by atoms with Gasteiger partial charge in [0.2, 0.25) is 0 Å². The van der Waals surface area contributed by atoms with Gasteiger partial charge in [0.05, 0.1) is 17.3 Å². The summed E-state index contributed by atoms with van der Waals surface area (Å²) in [7, 11) is 0. The van der Waals surface area contributed by atoms with E-state index in [9.17, 15) is 0 Å². The van der Waals surface area contributed by atoms with Crippen LogP contribution in [0, 0.1) is 5.41 Å². The smallest absolute Gasteiger partial charge is 0.131 e. The minimum absolute atomic E-state index is 0.360. The predicted molar refractivity (Wildman–Crippen MR) is 62.2 cm³/mol. The Morgan fingerprint density at radius 2 is 2.21 bits per heavy atom. The van der Waals surface area contributed by atoms with Crippen molar-refractivity contribution in [3.05, 3.63) is 22.6 Å². The molecule has 0 radical (unpaired) electrons. The van der Waals surface area contributed by atoms with Crippen molar-refractivity contribution in [3.8, 4) is 0 Å². The van der Waals surface area contributed by atoms with Gasteiger partial charge in [-0.05, 0) is 33.8 Å². The molecule has 1 aromatic rings. The van der Waals surface area contributed by atoms with Crippen LogP contribution in [0.25, 0.3) is 0 Å². The lowest BCUT2D eigenvalue weighted by molar-refractivity contribution is 0.320. The number of hydrogen-bond donors (Lipinski definition) is 1. The zero-order chi connectivity index (χ0) is 10.6. The molecule has 2 nitrogen and oxygen atoms in total. The Balaban J connectivity index is 2.32. The van der Waals surface area contributed by atoms with Crippen molar-refractivity contribution >= 4 is 15.9 Å². The molecule has 1 aromatic heterocycles. The molecule has 0 unspecified atom stereocenters. The van der Waals surface area contributed by atoms with E-state index in [0.717, 1.165) is 23.3 Å². The van der Waals surface area contributed by atoms with Gasteiger partial charge in [0.1, 0.15) is 5.76 Å². The molecule has 14 heavy (non-hydrogen) atoms. The average Bonchev–Trinajstić information content (AvgIpc) is 2.52. The fraction of sp³-hybridized carbons (Fsp3) is 0.636. The van der Waals surface area contributed by atoms with Crippen LogP contribution in [-0.4, -0.2) is 6.54 Å². The topological polar surface area (TPSA) is 25.2 Å². The van der Waals surface area contributed by atoms with Gasteiger partial charge in [0, 0.05) is 6.54 Å². The molecule has 0 amide bonds. The third-order valence-electron chi connectivity index (χ3n) is 2.54. The van der Waals surface area contributed by atoms with E-state index in [0.29, 0.717) is 5.41 Å². The largest absolute Gasteiger partial charge is 0.467 e. The summed E-state index contributed by atoms with van der Waals surface area (Å²) in [6.07, 6.45) is 2.88. The van der Waals surface area contributed by atoms with Crippen molar-refractivity contribution in [3.63, 3.8) is 0 Å². The Kier molecular flexibility index (Phi) is 4.20. The highest BCUT2D eigenvalue weighted by molar-refractivity contribution is 9.10. The Morgan fingerprint density at radius 3 is 2.71 bits per heavy atom. The number of halogens is 1. The van der Waals surface area contributed by atoms with E-state index in [1.54, 1.807) is 6.26 Å². The quantitative estimate of drug-likeness (QED) is 0.875. The maximum absolute atomic E-state index is 5.30. The first kappa shape index (κ1) is 11.8. The summed E-state index contributed by atoms with van der Waals surface area (Å²) < 4.78 is 6.34. The molecule has 0 fully saturated rings. The molecule has 1 heterocycles. The molecule has 0 aromatic carbocycles. The Hall–Kier alpha value is -0.280. The van der Waals surface area contributed by atoms with Gasteiger partial charge in [-0.1, -0.05) is 20.8 Å². The second-order valence-electron chi connectivity index (χ2n) is 4.31. The van der Waals surface area contributed by atoms with Crippen LogP contribution >= 0.6 is 15.9 Å². The summed E-state index contributed by atoms with van der Waals surface area (Å²) in [5, 5.41) is 3.40. The molecule has 1 N–H and O–H groups in total. The normalized spacial score (nSPS) is 12.0. The van der Waals surface area contributed by atoms with Gasteiger partial charge < -0.3 is 9.73 Å². The predicted octanol–water partition coefficient (Wildman–Crippen LogP) is 3.57. The lowest BCUT2D eigenvalue weighted by atomic mass is 9.90. The summed E-state index contributed by atoms with van der Waals surface area (Å²) in [6.45, 7) is 8.53. The molecule has 1 rings (SSSR count). The monoisotopic (exact) mass is 259 g/mol. The molecular formula is C11H18BrNO. The van der Waals surface area contributed by atoms with Crippen molar-refractivity contribution in [1.29, 1.82) is 0 Å². The molecule has 0 aliphatic rings. The molecule has 0 spiro atoms.